The first-order valence-electron chi connectivity index (χ1n) is 11.2. The van der Waals surface area contributed by atoms with Crippen LogP contribution in [0.2, 0.25) is 0 Å². The molecule has 0 radical (unpaired) electrons. The molecule has 0 aliphatic carbocycles. The van der Waals surface area contributed by atoms with E-state index < -0.39 is 12.0 Å². The highest BCUT2D eigenvalue weighted by molar-refractivity contribution is 5.95. The van der Waals surface area contributed by atoms with Crippen molar-refractivity contribution >= 4 is 29.4 Å². The van der Waals surface area contributed by atoms with Gasteiger partial charge in [0.15, 0.2) is 0 Å². The number of benzene rings is 1. The van der Waals surface area contributed by atoms with Gasteiger partial charge in [0.05, 0.1) is 19.6 Å². The topological polar surface area (TPSA) is 117 Å². The van der Waals surface area contributed by atoms with E-state index in [4.69, 9.17) is 4.74 Å². The van der Waals surface area contributed by atoms with Crippen LogP contribution in [0.15, 0.2) is 24.3 Å². The molecule has 1 aliphatic heterocycles. The lowest BCUT2D eigenvalue weighted by atomic mass is 10.1. The second-order valence-corrected chi connectivity index (χ2v) is 7.89. The van der Waals surface area contributed by atoms with E-state index in [1.165, 1.54) is 4.90 Å². The van der Waals surface area contributed by atoms with E-state index in [-0.39, 0.29) is 36.7 Å². The Morgan fingerprint density at radius 3 is 2.59 bits per heavy atom. The van der Waals surface area contributed by atoms with Crippen molar-refractivity contribution in [2.45, 2.75) is 58.5 Å². The molecule has 3 amide bonds. The third-order valence-corrected chi connectivity index (χ3v) is 5.35. The summed E-state index contributed by atoms with van der Waals surface area (Å²) in [4.78, 5) is 50.7. The Hall–Kier alpha value is -3.10. The number of rotatable bonds is 11. The maximum atomic E-state index is 12.8. The highest BCUT2D eigenvalue weighted by Crippen LogP contribution is 2.13. The summed E-state index contributed by atoms with van der Waals surface area (Å²) < 4.78 is 5.15. The first-order chi connectivity index (χ1) is 15.3. The van der Waals surface area contributed by atoms with E-state index in [9.17, 15) is 19.2 Å². The van der Waals surface area contributed by atoms with Crippen LogP contribution in [-0.2, 0) is 19.1 Å². The van der Waals surface area contributed by atoms with Gasteiger partial charge in [-0.3, -0.25) is 19.2 Å². The van der Waals surface area contributed by atoms with Crippen LogP contribution in [0.5, 0.6) is 0 Å². The van der Waals surface area contributed by atoms with Crippen molar-refractivity contribution in [2.75, 3.05) is 31.6 Å². The number of carbonyl (C=O) groups is 4. The molecule has 0 aromatic heterocycles. The summed E-state index contributed by atoms with van der Waals surface area (Å²) in [6, 6.07) is 6.05. The van der Waals surface area contributed by atoms with Crippen LogP contribution in [0.1, 0.15) is 56.8 Å². The van der Waals surface area contributed by atoms with E-state index in [2.05, 4.69) is 16.0 Å². The van der Waals surface area contributed by atoms with E-state index >= 15 is 0 Å². The van der Waals surface area contributed by atoms with Crippen molar-refractivity contribution in [3.8, 4) is 0 Å². The Morgan fingerprint density at radius 1 is 1.22 bits per heavy atom. The van der Waals surface area contributed by atoms with Gasteiger partial charge in [0, 0.05) is 30.4 Å². The molecule has 2 atom stereocenters. The SMILES string of the molecule is CCCCOC(=O)CC1C(=O)NCCN1C(=O)CNc1ccc(C(=O)NC(C)CC)cc1. The Bertz CT molecular complexity index is 796. The normalized spacial score (nSPS) is 16.7. The van der Waals surface area contributed by atoms with Gasteiger partial charge < -0.3 is 25.6 Å². The minimum Gasteiger partial charge on any atom is -0.466 e. The lowest BCUT2D eigenvalue weighted by Crippen LogP contribution is -2.58. The van der Waals surface area contributed by atoms with Crippen LogP contribution in [0.25, 0.3) is 0 Å². The number of unbranched alkanes of at least 4 members (excludes halogenated alkanes) is 1. The predicted octanol–water partition coefficient (Wildman–Crippen LogP) is 1.69. The standard InChI is InChI=1S/C23H34N4O5/c1-4-6-13-32-21(29)14-19-23(31)24-11-12-27(19)20(28)15-25-18-9-7-17(8-10-18)22(30)26-16(3)5-2/h7-10,16,19,25H,4-6,11-15H2,1-3H3,(H,24,31)(H,26,30). The molecule has 2 rings (SSSR count). The Labute approximate surface area is 189 Å². The van der Waals surface area contributed by atoms with Gasteiger partial charge in [-0.25, -0.2) is 0 Å². The van der Waals surface area contributed by atoms with Crippen LogP contribution in [0.4, 0.5) is 5.69 Å². The van der Waals surface area contributed by atoms with Gasteiger partial charge in [-0.15, -0.1) is 0 Å². The molecule has 1 saturated heterocycles. The molecule has 1 fully saturated rings. The molecule has 1 aliphatic rings. The molecule has 32 heavy (non-hydrogen) atoms. The van der Waals surface area contributed by atoms with Gasteiger partial charge in [0.1, 0.15) is 6.04 Å². The van der Waals surface area contributed by atoms with E-state index in [0.29, 0.717) is 30.9 Å². The molecule has 2 unspecified atom stereocenters. The number of hydrogen-bond acceptors (Lipinski definition) is 6. The molecule has 9 heteroatoms. The van der Waals surface area contributed by atoms with Crippen molar-refractivity contribution in [2.24, 2.45) is 0 Å². The number of ether oxygens (including phenoxy) is 1. The fourth-order valence-electron chi connectivity index (χ4n) is 3.19. The molecule has 1 aromatic rings. The van der Waals surface area contributed by atoms with Gasteiger partial charge in [0.2, 0.25) is 11.8 Å². The fraction of sp³-hybridized carbons (Fsp3) is 0.565. The highest BCUT2D eigenvalue weighted by atomic mass is 16.5. The number of carbonyl (C=O) groups excluding carboxylic acids is 4. The van der Waals surface area contributed by atoms with Crippen LogP contribution in [0.3, 0.4) is 0 Å². The molecule has 3 N–H and O–H groups in total. The minimum atomic E-state index is -0.876. The molecule has 176 valence electrons. The van der Waals surface area contributed by atoms with Gasteiger partial charge >= 0.3 is 5.97 Å². The summed E-state index contributed by atoms with van der Waals surface area (Å²) in [6.45, 7) is 6.88. The molecule has 1 heterocycles. The maximum absolute atomic E-state index is 12.8. The largest absolute Gasteiger partial charge is 0.466 e. The van der Waals surface area contributed by atoms with Gasteiger partial charge in [0.25, 0.3) is 5.91 Å². The number of anilines is 1. The summed E-state index contributed by atoms with van der Waals surface area (Å²) in [5.74, 6) is -1.27. The van der Waals surface area contributed by atoms with Crippen LogP contribution in [-0.4, -0.2) is 66.9 Å². The van der Waals surface area contributed by atoms with E-state index in [0.717, 1.165) is 19.3 Å². The number of esters is 1. The van der Waals surface area contributed by atoms with Crippen LogP contribution in [0, 0.1) is 0 Å². The summed E-state index contributed by atoms with van der Waals surface area (Å²) in [5, 5.41) is 8.62. The number of nitrogens with zero attached hydrogens (tertiary/aromatic N) is 1. The quantitative estimate of drug-likeness (QED) is 0.352. The zero-order chi connectivity index (χ0) is 23.5. The summed E-state index contributed by atoms with van der Waals surface area (Å²) in [7, 11) is 0. The minimum absolute atomic E-state index is 0.0346. The molecule has 0 bridgehead atoms. The molecule has 0 spiro atoms. The lowest BCUT2D eigenvalue weighted by molar-refractivity contribution is -0.151. The summed E-state index contributed by atoms with van der Waals surface area (Å²) >= 11 is 0. The monoisotopic (exact) mass is 446 g/mol. The first-order valence-corrected chi connectivity index (χ1v) is 11.2. The predicted molar refractivity (Wildman–Crippen MR) is 121 cm³/mol. The number of amides is 3. The molecule has 9 nitrogen and oxygen atoms in total. The maximum Gasteiger partial charge on any atom is 0.308 e. The Kier molecular flexibility index (Phi) is 9.97. The Morgan fingerprint density at radius 2 is 1.94 bits per heavy atom. The third-order valence-electron chi connectivity index (χ3n) is 5.35. The van der Waals surface area contributed by atoms with Crippen LogP contribution < -0.4 is 16.0 Å². The zero-order valence-electron chi connectivity index (χ0n) is 19.1. The smallest absolute Gasteiger partial charge is 0.308 e. The van der Waals surface area contributed by atoms with Gasteiger partial charge in [-0.05, 0) is 44.0 Å². The Balaban J connectivity index is 1.91. The molecule has 0 saturated carbocycles. The van der Waals surface area contributed by atoms with Crippen molar-refractivity contribution in [3.63, 3.8) is 0 Å². The van der Waals surface area contributed by atoms with Gasteiger partial charge in [-0.2, -0.15) is 0 Å². The van der Waals surface area contributed by atoms with Crippen molar-refractivity contribution in [1.29, 1.82) is 0 Å². The van der Waals surface area contributed by atoms with Crippen LogP contribution >= 0.6 is 0 Å². The summed E-state index contributed by atoms with van der Waals surface area (Å²) in [5.41, 5.74) is 1.21. The summed E-state index contributed by atoms with van der Waals surface area (Å²) in [6.07, 6.45) is 2.34. The van der Waals surface area contributed by atoms with Crippen molar-refractivity contribution in [3.05, 3.63) is 29.8 Å². The van der Waals surface area contributed by atoms with Crippen molar-refractivity contribution in [1.82, 2.24) is 15.5 Å². The second kappa shape index (κ2) is 12.7. The molecular weight excluding hydrogens is 412 g/mol. The zero-order valence-corrected chi connectivity index (χ0v) is 19.1. The van der Waals surface area contributed by atoms with Crippen molar-refractivity contribution < 1.29 is 23.9 Å². The molecular formula is C23H34N4O5. The van der Waals surface area contributed by atoms with Gasteiger partial charge in [-0.1, -0.05) is 20.3 Å². The third kappa shape index (κ3) is 7.55. The molecule has 1 aromatic carbocycles. The highest BCUT2D eigenvalue weighted by Gasteiger charge is 2.34. The fourth-order valence-corrected chi connectivity index (χ4v) is 3.19. The van der Waals surface area contributed by atoms with E-state index in [1.54, 1.807) is 24.3 Å². The average molecular weight is 447 g/mol. The number of hydrogen-bond donors (Lipinski definition) is 3. The number of nitrogens with one attached hydrogen (secondary N) is 3. The first kappa shape index (κ1) is 25.2. The van der Waals surface area contributed by atoms with E-state index in [1.807, 2.05) is 20.8 Å². The number of piperazine rings is 1. The lowest BCUT2D eigenvalue weighted by Gasteiger charge is -2.34. The second-order valence-electron chi connectivity index (χ2n) is 7.89. The average Bonchev–Trinajstić information content (AvgIpc) is 2.79.